The first-order valence-electron chi connectivity index (χ1n) is 3.90. The highest BCUT2D eigenvalue weighted by atomic mass is 35.5. The molecule has 0 aromatic heterocycles. The maximum atomic E-state index is 9.52. The van der Waals surface area contributed by atoms with Crippen LogP contribution in [0.4, 0.5) is 5.69 Å². The molecule has 0 aliphatic rings. The number of hydrogen-bond acceptors (Lipinski definition) is 3. The first-order chi connectivity index (χ1) is 5.61. The van der Waals surface area contributed by atoms with Crippen molar-refractivity contribution >= 4 is 18.1 Å². The van der Waals surface area contributed by atoms with E-state index in [0.29, 0.717) is 5.69 Å². The van der Waals surface area contributed by atoms with Crippen LogP contribution in [0.1, 0.15) is 18.6 Å². The number of benzene rings is 1. The molecule has 4 heteroatoms. The molecule has 74 valence electrons. The topological polar surface area (TPSA) is 72.3 Å². The highest BCUT2D eigenvalue weighted by Gasteiger charge is 2.10. The molecule has 0 radical (unpaired) electrons. The van der Waals surface area contributed by atoms with Gasteiger partial charge in [0.15, 0.2) is 0 Å². The molecule has 0 aliphatic carbocycles. The van der Waals surface area contributed by atoms with E-state index in [1.807, 2.05) is 0 Å². The van der Waals surface area contributed by atoms with E-state index in [2.05, 4.69) is 0 Å². The monoisotopic (exact) mass is 202 g/mol. The van der Waals surface area contributed by atoms with Crippen molar-refractivity contribution in [1.82, 2.24) is 0 Å². The highest BCUT2D eigenvalue weighted by Crippen LogP contribution is 2.16. The molecule has 0 spiro atoms. The van der Waals surface area contributed by atoms with E-state index in [-0.39, 0.29) is 18.4 Å². The molecule has 13 heavy (non-hydrogen) atoms. The molecular weight excluding hydrogens is 188 g/mol. The zero-order chi connectivity index (χ0) is 9.14. The van der Waals surface area contributed by atoms with Crippen molar-refractivity contribution in [3.05, 3.63) is 29.8 Å². The maximum absolute atomic E-state index is 9.52. The van der Waals surface area contributed by atoms with Gasteiger partial charge in [-0.25, -0.2) is 0 Å². The lowest BCUT2D eigenvalue weighted by atomic mass is 10.0. The number of nitrogen functional groups attached to an aromatic ring is 1. The maximum Gasteiger partial charge on any atom is 0.0938 e. The summed E-state index contributed by atoms with van der Waals surface area (Å²) in [7, 11) is 0. The Bertz CT molecular complexity index is 248. The Kier molecular flexibility index (Phi) is 4.77. The number of aliphatic hydroxyl groups is 1. The van der Waals surface area contributed by atoms with Crippen LogP contribution in [0.25, 0.3) is 0 Å². The summed E-state index contributed by atoms with van der Waals surface area (Å²) >= 11 is 0. The van der Waals surface area contributed by atoms with E-state index in [4.69, 9.17) is 11.5 Å². The second-order valence-corrected chi connectivity index (χ2v) is 2.97. The van der Waals surface area contributed by atoms with Gasteiger partial charge in [0, 0.05) is 11.7 Å². The highest BCUT2D eigenvalue weighted by molar-refractivity contribution is 5.85. The molecule has 5 N–H and O–H groups in total. The van der Waals surface area contributed by atoms with E-state index >= 15 is 0 Å². The van der Waals surface area contributed by atoms with E-state index in [1.165, 1.54) is 0 Å². The van der Waals surface area contributed by atoms with Crippen LogP contribution in [-0.4, -0.2) is 11.1 Å². The number of halogens is 1. The van der Waals surface area contributed by atoms with E-state index in [1.54, 1.807) is 31.2 Å². The fraction of sp³-hybridized carbons (Fsp3) is 0.333. The Morgan fingerprint density at radius 2 is 1.69 bits per heavy atom. The van der Waals surface area contributed by atoms with Gasteiger partial charge in [-0.05, 0) is 24.6 Å². The molecule has 0 aliphatic heterocycles. The average molecular weight is 203 g/mol. The SMILES string of the molecule is CC(N)C(O)c1ccc(N)cc1.Cl. The van der Waals surface area contributed by atoms with Crippen molar-refractivity contribution in [2.24, 2.45) is 5.73 Å². The molecule has 0 saturated carbocycles. The zero-order valence-corrected chi connectivity index (χ0v) is 8.29. The third kappa shape index (κ3) is 3.22. The Hall–Kier alpha value is -0.770. The summed E-state index contributed by atoms with van der Waals surface area (Å²) in [4.78, 5) is 0. The molecule has 2 atom stereocenters. The van der Waals surface area contributed by atoms with Gasteiger partial charge < -0.3 is 16.6 Å². The van der Waals surface area contributed by atoms with Gasteiger partial charge in [0.1, 0.15) is 0 Å². The van der Waals surface area contributed by atoms with Crippen LogP contribution in [-0.2, 0) is 0 Å². The quantitative estimate of drug-likeness (QED) is 0.629. The Labute approximate surface area is 84.2 Å². The molecule has 0 bridgehead atoms. The number of aliphatic hydroxyl groups excluding tert-OH is 1. The van der Waals surface area contributed by atoms with Crippen molar-refractivity contribution in [2.75, 3.05) is 5.73 Å². The fourth-order valence-electron chi connectivity index (χ4n) is 0.997. The third-order valence-corrected chi connectivity index (χ3v) is 1.78. The van der Waals surface area contributed by atoms with Gasteiger partial charge in [-0.2, -0.15) is 0 Å². The summed E-state index contributed by atoms with van der Waals surface area (Å²) in [6.07, 6.45) is -0.606. The lowest BCUT2D eigenvalue weighted by Gasteiger charge is -2.14. The van der Waals surface area contributed by atoms with Crippen LogP contribution < -0.4 is 11.5 Å². The first-order valence-corrected chi connectivity index (χ1v) is 3.90. The zero-order valence-electron chi connectivity index (χ0n) is 7.47. The second-order valence-electron chi connectivity index (χ2n) is 2.97. The van der Waals surface area contributed by atoms with Crippen LogP contribution >= 0.6 is 12.4 Å². The normalized spacial score (nSPS) is 14.4. The van der Waals surface area contributed by atoms with Crippen LogP contribution in [0.2, 0.25) is 0 Å². The molecule has 1 aromatic carbocycles. The summed E-state index contributed by atoms with van der Waals surface area (Å²) in [5.74, 6) is 0. The van der Waals surface area contributed by atoms with Crippen molar-refractivity contribution in [2.45, 2.75) is 19.1 Å². The molecule has 2 unspecified atom stereocenters. The van der Waals surface area contributed by atoms with Gasteiger partial charge in [0.05, 0.1) is 6.10 Å². The minimum Gasteiger partial charge on any atom is -0.399 e. The minimum atomic E-state index is -0.606. The van der Waals surface area contributed by atoms with E-state index in [9.17, 15) is 5.11 Å². The predicted octanol–water partition coefficient (Wildman–Crippen LogP) is 1.07. The fourth-order valence-corrected chi connectivity index (χ4v) is 0.997. The molecule has 1 aromatic rings. The lowest BCUT2D eigenvalue weighted by Crippen LogP contribution is -2.24. The number of hydrogen-bond donors (Lipinski definition) is 3. The van der Waals surface area contributed by atoms with Gasteiger partial charge in [-0.15, -0.1) is 12.4 Å². The van der Waals surface area contributed by atoms with Gasteiger partial charge in [0.2, 0.25) is 0 Å². The van der Waals surface area contributed by atoms with Gasteiger partial charge in [-0.1, -0.05) is 12.1 Å². The van der Waals surface area contributed by atoms with Crippen molar-refractivity contribution in [1.29, 1.82) is 0 Å². The molecule has 0 heterocycles. The first kappa shape index (κ1) is 12.2. The van der Waals surface area contributed by atoms with Crippen LogP contribution in [0.15, 0.2) is 24.3 Å². The molecule has 1 rings (SSSR count). The molecule has 0 saturated heterocycles. The molecule has 0 amide bonds. The average Bonchev–Trinajstić information content (AvgIpc) is 2.04. The Morgan fingerprint density at radius 3 is 2.08 bits per heavy atom. The number of anilines is 1. The largest absolute Gasteiger partial charge is 0.399 e. The van der Waals surface area contributed by atoms with E-state index < -0.39 is 6.10 Å². The standard InChI is InChI=1S/C9H14N2O.ClH/c1-6(10)9(12)7-2-4-8(11)5-3-7;/h2-6,9,12H,10-11H2,1H3;1H. The van der Waals surface area contributed by atoms with Crippen molar-refractivity contribution in [3.63, 3.8) is 0 Å². The Balaban J connectivity index is 0.00000144. The summed E-state index contributed by atoms with van der Waals surface area (Å²) in [5, 5.41) is 9.52. The van der Waals surface area contributed by atoms with E-state index in [0.717, 1.165) is 5.56 Å². The van der Waals surface area contributed by atoms with Crippen molar-refractivity contribution < 1.29 is 5.11 Å². The number of rotatable bonds is 2. The lowest BCUT2D eigenvalue weighted by molar-refractivity contribution is 0.153. The van der Waals surface area contributed by atoms with Crippen LogP contribution in [0.3, 0.4) is 0 Å². The molecule has 3 nitrogen and oxygen atoms in total. The summed E-state index contributed by atoms with van der Waals surface area (Å²) in [6.45, 7) is 1.76. The minimum absolute atomic E-state index is 0. The summed E-state index contributed by atoms with van der Waals surface area (Å²) < 4.78 is 0. The molecule has 0 fully saturated rings. The second kappa shape index (κ2) is 5.07. The van der Waals surface area contributed by atoms with Crippen molar-refractivity contribution in [3.8, 4) is 0 Å². The van der Waals surface area contributed by atoms with Crippen LogP contribution in [0.5, 0.6) is 0 Å². The summed E-state index contributed by atoms with van der Waals surface area (Å²) in [6, 6.07) is 6.81. The molecular formula is C9H15ClN2O. The summed E-state index contributed by atoms with van der Waals surface area (Å²) in [5.41, 5.74) is 12.5. The van der Waals surface area contributed by atoms with Gasteiger partial charge in [-0.3, -0.25) is 0 Å². The third-order valence-electron chi connectivity index (χ3n) is 1.78. The predicted molar refractivity (Wildman–Crippen MR) is 56.7 cm³/mol. The Morgan fingerprint density at radius 1 is 1.23 bits per heavy atom. The van der Waals surface area contributed by atoms with Gasteiger partial charge >= 0.3 is 0 Å². The van der Waals surface area contributed by atoms with Gasteiger partial charge in [0.25, 0.3) is 0 Å². The smallest absolute Gasteiger partial charge is 0.0938 e. The number of nitrogens with two attached hydrogens (primary N) is 2. The van der Waals surface area contributed by atoms with Crippen LogP contribution in [0, 0.1) is 0 Å².